The summed E-state index contributed by atoms with van der Waals surface area (Å²) in [5.74, 6) is 0.669. The van der Waals surface area contributed by atoms with E-state index in [1.807, 2.05) is 37.3 Å². The van der Waals surface area contributed by atoms with Crippen LogP contribution in [0.5, 0.6) is 0 Å². The van der Waals surface area contributed by atoms with Crippen molar-refractivity contribution < 1.29 is 9.21 Å². The Bertz CT molecular complexity index is 1270. The van der Waals surface area contributed by atoms with Crippen molar-refractivity contribution in [3.8, 4) is 11.5 Å². The summed E-state index contributed by atoms with van der Waals surface area (Å²) in [7, 11) is 0. The molecule has 4 nitrogen and oxygen atoms in total. The highest BCUT2D eigenvalue weighted by molar-refractivity contribution is 6.33. The predicted octanol–water partition coefficient (Wildman–Crippen LogP) is 7.23. The molecule has 1 heterocycles. The summed E-state index contributed by atoms with van der Waals surface area (Å²) in [4.78, 5) is 16.9. The van der Waals surface area contributed by atoms with Gasteiger partial charge in [0.05, 0.1) is 10.6 Å². The Labute approximate surface area is 186 Å². The molecule has 0 atom stereocenters. The lowest BCUT2D eigenvalue weighted by Crippen LogP contribution is -2.07. The Morgan fingerprint density at radius 3 is 2.58 bits per heavy atom. The molecule has 0 radical (unpaired) electrons. The van der Waals surface area contributed by atoms with Gasteiger partial charge in [-0.1, -0.05) is 55.8 Å². The number of benzene rings is 3. The van der Waals surface area contributed by atoms with Gasteiger partial charge in [0.15, 0.2) is 5.58 Å². The lowest BCUT2D eigenvalue weighted by Gasteiger charge is -2.06. The van der Waals surface area contributed by atoms with Crippen molar-refractivity contribution in [2.75, 3.05) is 5.32 Å². The van der Waals surface area contributed by atoms with Crippen LogP contribution in [-0.4, -0.2) is 10.9 Å². The molecule has 1 N–H and O–H groups in total. The van der Waals surface area contributed by atoms with Crippen molar-refractivity contribution in [3.05, 3.63) is 88.5 Å². The summed E-state index contributed by atoms with van der Waals surface area (Å²) in [5.41, 5.74) is 6.03. The third-order valence-electron chi connectivity index (χ3n) is 5.04. The molecule has 1 amide bonds. The Kier molecular flexibility index (Phi) is 5.92. The van der Waals surface area contributed by atoms with Crippen molar-refractivity contribution in [1.29, 1.82) is 0 Å². The summed E-state index contributed by atoms with van der Waals surface area (Å²) in [5, 5.41) is 3.37. The number of halogens is 1. The number of aromatic nitrogens is 1. The zero-order valence-electron chi connectivity index (χ0n) is 17.6. The molecule has 0 aliphatic carbocycles. The van der Waals surface area contributed by atoms with Crippen molar-refractivity contribution in [1.82, 2.24) is 4.98 Å². The molecule has 0 bridgehead atoms. The summed E-state index contributed by atoms with van der Waals surface area (Å²) in [6.07, 6.45) is 3.31. The molecule has 0 aliphatic heterocycles. The van der Waals surface area contributed by atoms with Crippen molar-refractivity contribution in [2.24, 2.45) is 0 Å². The van der Waals surface area contributed by atoms with Gasteiger partial charge in [0.1, 0.15) is 5.52 Å². The number of aryl methyl sites for hydroxylation is 1. The Morgan fingerprint density at radius 2 is 1.84 bits per heavy atom. The van der Waals surface area contributed by atoms with Gasteiger partial charge in [-0.05, 0) is 65.9 Å². The van der Waals surface area contributed by atoms with Crippen molar-refractivity contribution in [3.63, 3.8) is 0 Å². The van der Waals surface area contributed by atoms with Crippen LogP contribution in [0.25, 0.3) is 28.6 Å². The second-order valence-electron chi connectivity index (χ2n) is 7.83. The van der Waals surface area contributed by atoms with Gasteiger partial charge in [-0.15, -0.1) is 0 Å². The van der Waals surface area contributed by atoms with Crippen LogP contribution in [0.4, 0.5) is 5.69 Å². The number of oxazole rings is 1. The average Bonchev–Trinajstić information content (AvgIpc) is 3.17. The minimum Gasteiger partial charge on any atom is -0.436 e. The molecule has 0 unspecified atom stereocenters. The second kappa shape index (κ2) is 8.78. The third kappa shape index (κ3) is 4.86. The van der Waals surface area contributed by atoms with Gasteiger partial charge in [-0.2, -0.15) is 0 Å². The summed E-state index contributed by atoms with van der Waals surface area (Å²) < 4.78 is 5.89. The van der Waals surface area contributed by atoms with Crippen LogP contribution in [0.1, 0.15) is 36.5 Å². The summed E-state index contributed by atoms with van der Waals surface area (Å²) in [6.45, 7) is 6.30. The maximum atomic E-state index is 12.4. The molecule has 31 heavy (non-hydrogen) atoms. The summed E-state index contributed by atoms with van der Waals surface area (Å²) >= 11 is 6.38. The van der Waals surface area contributed by atoms with E-state index in [0.717, 1.165) is 16.6 Å². The maximum absolute atomic E-state index is 12.4. The van der Waals surface area contributed by atoms with Gasteiger partial charge >= 0.3 is 0 Å². The highest BCUT2D eigenvalue weighted by atomic mass is 35.5. The highest BCUT2D eigenvalue weighted by Gasteiger charge is 2.13. The first-order chi connectivity index (χ1) is 14.9. The van der Waals surface area contributed by atoms with Gasteiger partial charge in [-0.3, -0.25) is 4.79 Å². The second-order valence-corrected chi connectivity index (χ2v) is 8.24. The molecular weight excluding hydrogens is 408 g/mol. The fourth-order valence-corrected chi connectivity index (χ4v) is 3.46. The minimum absolute atomic E-state index is 0.227. The molecule has 0 saturated heterocycles. The topological polar surface area (TPSA) is 55.1 Å². The maximum Gasteiger partial charge on any atom is 0.248 e. The van der Waals surface area contributed by atoms with E-state index in [4.69, 9.17) is 16.0 Å². The van der Waals surface area contributed by atoms with E-state index in [2.05, 4.69) is 36.3 Å². The van der Waals surface area contributed by atoms with E-state index in [1.165, 1.54) is 11.6 Å². The smallest absolute Gasteiger partial charge is 0.248 e. The van der Waals surface area contributed by atoms with Crippen LogP contribution < -0.4 is 5.32 Å². The molecular formula is C26H23ClN2O2. The van der Waals surface area contributed by atoms with E-state index in [1.54, 1.807) is 24.3 Å². The van der Waals surface area contributed by atoms with Gasteiger partial charge < -0.3 is 9.73 Å². The standard InChI is InChI=1S/C26H23ClN2O2/c1-16(2)19-8-5-18(6-9-19)7-13-25(30)28-20-10-11-22(27)21(15-20)26-29-23-12-4-17(3)14-24(23)31-26/h4-16H,1-3H3,(H,28,30)/b13-7+. The van der Waals surface area contributed by atoms with Crippen LogP contribution in [0.3, 0.4) is 0 Å². The van der Waals surface area contributed by atoms with Crippen LogP contribution in [0.2, 0.25) is 5.02 Å². The molecule has 0 fully saturated rings. The van der Waals surface area contributed by atoms with E-state index in [9.17, 15) is 4.79 Å². The molecule has 0 aliphatic rings. The first-order valence-electron chi connectivity index (χ1n) is 10.2. The van der Waals surface area contributed by atoms with Gasteiger partial charge in [0, 0.05) is 11.8 Å². The average molecular weight is 431 g/mol. The lowest BCUT2D eigenvalue weighted by atomic mass is 10.0. The zero-order valence-corrected chi connectivity index (χ0v) is 18.4. The number of hydrogen-bond acceptors (Lipinski definition) is 3. The van der Waals surface area contributed by atoms with Crippen LogP contribution >= 0.6 is 11.6 Å². The molecule has 1 aromatic heterocycles. The van der Waals surface area contributed by atoms with Crippen LogP contribution in [0.15, 0.2) is 71.2 Å². The number of rotatable bonds is 5. The lowest BCUT2D eigenvalue weighted by molar-refractivity contribution is -0.111. The zero-order chi connectivity index (χ0) is 22.0. The van der Waals surface area contributed by atoms with E-state index in [-0.39, 0.29) is 5.91 Å². The molecule has 156 valence electrons. The normalized spacial score (nSPS) is 11.5. The molecule has 5 heteroatoms. The number of carbonyl (C=O) groups is 1. The van der Waals surface area contributed by atoms with Gasteiger partial charge in [0.25, 0.3) is 0 Å². The number of amides is 1. The molecule has 4 rings (SSSR count). The molecule has 3 aromatic carbocycles. The van der Waals surface area contributed by atoms with E-state index in [0.29, 0.717) is 33.7 Å². The first-order valence-corrected chi connectivity index (χ1v) is 10.5. The quantitative estimate of drug-likeness (QED) is 0.340. The molecule has 0 spiro atoms. The van der Waals surface area contributed by atoms with Crippen LogP contribution in [0, 0.1) is 6.92 Å². The highest BCUT2D eigenvalue weighted by Crippen LogP contribution is 2.32. The number of hydrogen-bond donors (Lipinski definition) is 1. The monoisotopic (exact) mass is 430 g/mol. The number of fused-ring (bicyclic) bond motifs is 1. The van der Waals surface area contributed by atoms with Gasteiger partial charge in [0.2, 0.25) is 11.8 Å². The molecule has 0 saturated carbocycles. The SMILES string of the molecule is Cc1ccc2nc(-c3cc(NC(=O)/C=C/c4ccc(C(C)C)cc4)ccc3Cl)oc2c1. The number of anilines is 1. The fraction of sp³-hybridized carbons (Fsp3) is 0.154. The van der Waals surface area contributed by atoms with E-state index < -0.39 is 0 Å². The third-order valence-corrected chi connectivity index (χ3v) is 5.37. The Balaban J connectivity index is 1.51. The Morgan fingerprint density at radius 1 is 1.06 bits per heavy atom. The van der Waals surface area contributed by atoms with E-state index >= 15 is 0 Å². The number of nitrogens with zero attached hydrogens (tertiary/aromatic N) is 1. The molecule has 4 aromatic rings. The van der Waals surface area contributed by atoms with Crippen molar-refractivity contribution >= 4 is 40.4 Å². The fourth-order valence-electron chi connectivity index (χ4n) is 3.26. The summed E-state index contributed by atoms with van der Waals surface area (Å²) in [6, 6.07) is 19.2. The Hall–Kier alpha value is -3.37. The largest absolute Gasteiger partial charge is 0.436 e. The van der Waals surface area contributed by atoms with Crippen LogP contribution in [-0.2, 0) is 4.79 Å². The number of nitrogens with one attached hydrogen (secondary N) is 1. The first kappa shape index (κ1) is 20.9. The van der Waals surface area contributed by atoms with Gasteiger partial charge in [-0.25, -0.2) is 4.98 Å². The minimum atomic E-state index is -0.227. The number of carbonyl (C=O) groups excluding carboxylic acids is 1. The predicted molar refractivity (Wildman–Crippen MR) is 127 cm³/mol. The van der Waals surface area contributed by atoms with Crippen molar-refractivity contribution in [2.45, 2.75) is 26.7 Å².